The fourth-order valence-electron chi connectivity index (χ4n) is 1.42. The van der Waals surface area contributed by atoms with Gasteiger partial charge in [-0.05, 0) is 20.3 Å². The highest BCUT2D eigenvalue weighted by atomic mass is 32.1. The van der Waals surface area contributed by atoms with Gasteiger partial charge in [0.15, 0.2) is 0 Å². The number of rotatable bonds is 5. The maximum atomic E-state index is 12.0. The highest BCUT2D eigenvalue weighted by Gasteiger charge is 2.33. The molecule has 0 bridgehead atoms. The zero-order chi connectivity index (χ0) is 14.6. The molecule has 0 spiro atoms. The normalized spacial score (nSPS) is 13.7. The fraction of sp³-hybridized carbons (Fsp3) is 0.583. The minimum atomic E-state index is -1.25. The lowest BCUT2D eigenvalue weighted by molar-refractivity contribution is -0.143. The van der Waals surface area contributed by atoms with Crippen LogP contribution in [-0.4, -0.2) is 39.6 Å². The van der Waals surface area contributed by atoms with Crippen molar-refractivity contribution in [2.24, 2.45) is 0 Å². The van der Waals surface area contributed by atoms with Gasteiger partial charge < -0.3 is 15.3 Å². The van der Waals surface area contributed by atoms with E-state index in [1.807, 2.05) is 12.3 Å². The van der Waals surface area contributed by atoms with E-state index in [0.29, 0.717) is 13.0 Å². The van der Waals surface area contributed by atoms with E-state index in [4.69, 9.17) is 5.11 Å². The number of hydrogen-bond donors (Lipinski definition) is 2. The molecule has 1 atom stereocenters. The van der Waals surface area contributed by atoms with Gasteiger partial charge in [0.1, 0.15) is 5.54 Å². The van der Waals surface area contributed by atoms with Crippen molar-refractivity contribution in [3.8, 4) is 0 Å². The molecule has 0 fully saturated rings. The topological polar surface area (TPSA) is 82.5 Å². The first kappa shape index (κ1) is 15.4. The zero-order valence-electron chi connectivity index (χ0n) is 11.6. The summed E-state index contributed by atoms with van der Waals surface area (Å²) in [4.78, 5) is 28.8. The molecule has 1 rings (SSSR count). The Morgan fingerprint density at radius 3 is 2.63 bits per heavy atom. The van der Waals surface area contributed by atoms with Gasteiger partial charge in [0.25, 0.3) is 0 Å². The standard InChI is InChI=1S/C12H19N3O3S/c1-5-12(3,10(16)17)14-11(18)15(4)6-9-7-19-8(2)13-9/h7H,5-6H2,1-4H3,(H,14,18)(H,16,17). The maximum Gasteiger partial charge on any atom is 0.329 e. The molecule has 0 saturated heterocycles. The number of nitrogens with one attached hydrogen (secondary N) is 1. The summed E-state index contributed by atoms with van der Waals surface area (Å²) in [7, 11) is 1.61. The average molecular weight is 285 g/mol. The van der Waals surface area contributed by atoms with E-state index in [9.17, 15) is 9.59 Å². The molecule has 2 N–H and O–H groups in total. The molecule has 0 saturated carbocycles. The number of carbonyl (C=O) groups excluding carboxylic acids is 1. The van der Waals surface area contributed by atoms with E-state index >= 15 is 0 Å². The van der Waals surface area contributed by atoms with Gasteiger partial charge in [0.2, 0.25) is 0 Å². The van der Waals surface area contributed by atoms with E-state index in [0.717, 1.165) is 10.7 Å². The minimum Gasteiger partial charge on any atom is -0.480 e. The van der Waals surface area contributed by atoms with Crippen LogP contribution in [0, 0.1) is 6.92 Å². The van der Waals surface area contributed by atoms with Gasteiger partial charge in [-0.3, -0.25) is 0 Å². The number of carboxylic acids is 1. The van der Waals surface area contributed by atoms with Crippen molar-refractivity contribution < 1.29 is 14.7 Å². The maximum absolute atomic E-state index is 12.0. The van der Waals surface area contributed by atoms with Crippen LogP contribution in [0.4, 0.5) is 4.79 Å². The first-order chi connectivity index (χ1) is 8.78. The molecule has 0 aliphatic heterocycles. The van der Waals surface area contributed by atoms with Crippen molar-refractivity contribution in [3.05, 3.63) is 16.1 Å². The van der Waals surface area contributed by atoms with E-state index < -0.39 is 17.5 Å². The summed E-state index contributed by atoms with van der Waals surface area (Å²) in [5, 5.41) is 14.5. The molecule has 0 radical (unpaired) electrons. The lowest BCUT2D eigenvalue weighted by Gasteiger charge is -2.27. The summed E-state index contributed by atoms with van der Waals surface area (Å²) in [6.07, 6.45) is 0.317. The first-order valence-corrected chi connectivity index (χ1v) is 6.84. The van der Waals surface area contributed by atoms with Gasteiger partial charge in [0.05, 0.1) is 17.2 Å². The Labute approximate surface area is 116 Å². The molecular formula is C12H19N3O3S. The van der Waals surface area contributed by atoms with Crippen LogP contribution in [0.2, 0.25) is 0 Å². The molecule has 6 nitrogen and oxygen atoms in total. The SMILES string of the molecule is CCC(C)(NC(=O)N(C)Cc1csc(C)n1)C(=O)O. The van der Waals surface area contributed by atoms with Crippen LogP contribution in [0.15, 0.2) is 5.38 Å². The van der Waals surface area contributed by atoms with Gasteiger partial charge >= 0.3 is 12.0 Å². The third kappa shape index (κ3) is 3.92. The number of hydrogen-bond acceptors (Lipinski definition) is 4. The quantitative estimate of drug-likeness (QED) is 0.865. The zero-order valence-corrected chi connectivity index (χ0v) is 12.4. The van der Waals surface area contributed by atoms with Crippen molar-refractivity contribution in [2.75, 3.05) is 7.05 Å². The number of carbonyl (C=O) groups is 2. The minimum absolute atomic E-state index is 0.317. The smallest absolute Gasteiger partial charge is 0.329 e. The number of nitrogens with zero attached hydrogens (tertiary/aromatic N) is 2. The summed E-state index contributed by atoms with van der Waals surface area (Å²) < 4.78 is 0. The van der Waals surface area contributed by atoms with Crippen molar-refractivity contribution in [2.45, 2.75) is 39.3 Å². The molecule has 2 amide bonds. The lowest BCUT2D eigenvalue weighted by Crippen LogP contribution is -2.54. The number of aromatic nitrogens is 1. The number of thiazole rings is 1. The number of aliphatic carboxylic acids is 1. The summed E-state index contributed by atoms with van der Waals surface area (Å²) >= 11 is 1.52. The molecule has 19 heavy (non-hydrogen) atoms. The van der Waals surface area contributed by atoms with Crippen LogP contribution in [-0.2, 0) is 11.3 Å². The predicted molar refractivity (Wildman–Crippen MR) is 73.2 cm³/mol. The van der Waals surface area contributed by atoms with Crippen molar-refractivity contribution in [1.29, 1.82) is 0 Å². The van der Waals surface area contributed by atoms with Crippen molar-refractivity contribution in [1.82, 2.24) is 15.2 Å². The Morgan fingerprint density at radius 2 is 2.21 bits per heavy atom. The largest absolute Gasteiger partial charge is 0.480 e. The van der Waals surface area contributed by atoms with Crippen LogP contribution >= 0.6 is 11.3 Å². The Bertz CT molecular complexity index is 475. The Balaban J connectivity index is 2.65. The van der Waals surface area contributed by atoms with Crippen LogP contribution < -0.4 is 5.32 Å². The van der Waals surface area contributed by atoms with Gasteiger partial charge in [0, 0.05) is 12.4 Å². The predicted octanol–water partition coefficient (Wildman–Crippen LogP) is 1.85. The third-order valence-corrected chi connectivity index (χ3v) is 3.80. The lowest BCUT2D eigenvalue weighted by atomic mass is 10.00. The second-order valence-corrected chi connectivity index (χ2v) is 5.70. The summed E-state index contributed by atoms with van der Waals surface area (Å²) in [5.41, 5.74) is -0.447. The van der Waals surface area contributed by atoms with Crippen LogP contribution in [0.5, 0.6) is 0 Å². The second kappa shape index (κ2) is 6.01. The molecule has 7 heteroatoms. The number of carboxylic acid groups (broad SMARTS) is 1. The molecule has 1 aromatic rings. The van der Waals surface area contributed by atoms with E-state index in [1.165, 1.54) is 23.2 Å². The van der Waals surface area contributed by atoms with Crippen LogP contribution in [0.1, 0.15) is 31.0 Å². The molecule has 106 valence electrons. The monoisotopic (exact) mass is 285 g/mol. The van der Waals surface area contributed by atoms with E-state index in [-0.39, 0.29) is 0 Å². The van der Waals surface area contributed by atoms with Gasteiger partial charge in [-0.2, -0.15) is 0 Å². The second-order valence-electron chi connectivity index (χ2n) is 4.63. The van der Waals surface area contributed by atoms with E-state index in [2.05, 4.69) is 10.3 Å². The molecule has 0 aliphatic rings. The fourth-order valence-corrected chi connectivity index (χ4v) is 2.02. The Kier molecular flexibility index (Phi) is 4.88. The van der Waals surface area contributed by atoms with E-state index in [1.54, 1.807) is 14.0 Å². The molecule has 1 heterocycles. The first-order valence-electron chi connectivity index (χ1n) is 5.96. The highest BCUT2D eigenvalue weighted by molar-refractivity contribution is 7.09. The van der Waals surface area contributed by atoms with Crippen molar-refractivity contribution in [3.63, 3.8) is 0 Å². The van der Waals surface area contributed by atoms with Crippen LogP contribution in [0.3, 0.4) is 0 Å². The third-order valence-electron chi connectivity index (χ3n) is 2.97. The molecule has 1 unspecified atom stereocenters. The Morgan fingerprint density at radius 1 is 1.58 bits per heavy atom. The molecule has 1 aromatic heterocycles. The van der Waals surface area contributed by atoms with Gasteiger partial charge in [-0.15, -0.1) is 11.3 Å². The summed E-state index contributed by atoms with van der Waals surface area (Å²) in [6, 6.07) is -0.419. The highest BCUT2D eigenvalue weighted by Crippen LogP contribution is 2.12. The number of aryl methyl sites for hydroxylation is 1. The Hall–Kier alpha value is -1.63. The molecule has 0 aromatic carbocycles. The molecular weight excluding hydrogens is 266 g/mol. The number of amides is 2. The number of urea groups is 1. The van der Waals surface area contributed by atoms with Crippen molar-refractivity contribution >= 4 is 23.3 Å². The van der Waals surface area contributed by atoms with Crippen LogP contribution in [0.25, 0.3) is 0 Å². The van der Waals surface area contributed by atoms with Gasteiger partial charge in [-0.1, -0.05) is 6.92 Å². The summed E-state index contributed by atoms with van der Waals surface area (Å²) in [5.74, 6) is -1.04. The molecule has 0 aliphatic carbocycles. The average Bonchev–Trinajstić information content (AvgIpc) is 2.74. The van der Waals surface area contributed by atoms with Gasteiger partial charge in [-0.25, -0.2) is 14.6 Å². The summed E-state index contributed by atoms with van der Waals surface area (Å²) in [6.45, 7) is 5.47.